The molecule has 1 saturated carbocycles. The second kappa shape index (κ2) is 4.41. The van der Waals surface area contributed by atoms with Crippen LogP contribution in [0.5, 0.6) is 5.75 Å². The molecular formula is C18H18O. The van der Waals surface area contributed by atoms with Gasteiger partial charge in [-0.2, -0.15) is 0 Å². The lowest BCUT2D eigenvalue weighted by molar-refractivity contribution is 0.104. The van der Waals surface area contributed by atoms with Gasteiger partial charge in [-0.15, -0.1) is 0 Å². The molecule has 0 N–H and O–H groups in total. The summed E-state index contributed by atoms with van der Waals surface area (Å²) in [6, 6.07) is 19.3. The molecule has 19 heavy (non-hydrogen) atoms. The first-order valence-corrected chi connectivity index (χ1v) is 7.24. The van der Waals surface area contributed by atoms with Gasteiger partial charge >= 0.3 is 0 Å². The van der Waals surface area contributed by atoms with Crippen molar-refractivity contribution in [2.45, 2.75) is 31.3 Å². The first kappa shape index (κ1) is 11.1. The van der Waals surface area contributed by atoms with Crippen LogP contribution in [0.2, 0.25) is 0 Å². The van der Waals surface area contributed by atoms with E-state index in [2.05, 4.69) is 54.6 Å². The van der Waals surface area contributed by atoms with Gasteiger partial charge < -0.3 is 4.74 Å². The molecule has 0 bridgehead atoms. The second-order valence-corrected chi connectivity index (χ2v) is 5.69. The van der Waals surface area contributed by atoms with E-state index in [1.165, 1.54) is 30.4 Å². The minimum absolute atomic E-state index is 0.239. The lowest BCUT2D eigenvalue weighted by Crippen LogP contribution is -2.26. The van der Waals surface area contributed by atoms with Crippen molar-refractivity contribution < 1.29 is 4.74 Å². The molecule has 1 nitrogen and oxygen atoms in total. The summed E-state index contributed by atoms with van der Waals surface area (Å²) in [6.45, 7) is 0. The van der Waals surface area contributed by atoms with Crippen LogP contribution in [-0.2, 0) is 0 Å². The molecule has 0 saturated heterocycles. The first-order chi connectivity index (χ1) is 9.43. The number of fused-ring (bicyclic) bond motifs is 3. The topological polar surface area (TPSA) is 9.23 Å². The maximum absolute atomic E-state index is 6.33. The van der Waals surface area contributed by atoms with Gasteiger partial charge in [-0.3, -0.25) is 0 Å². The third-order valence-electron chi connectivity index (χ3n) is 4.66. The Kier molecular flexibility index (Phi) is 2.58. The number of ether oxygens (including phenoxy) is 1. The maximum atomic E-state index is 6.33. The fraction of sp³-hybridized carbons (Fsp3) is 0.333. The molecule has 3 atom stereocenters. The quantitative estimate of drug-likeness (QED) is 0.712. The zero-order valence-corrected chi connectivity index (χ0v) is 11.0. The van der Waals surface area contributed by atoms with E-state index in [4.69, 9.17) is 4.74 Å². The molecule has 1 aliphatic heterocycles. The summed E-state index contributed by atoms with van der Waals surface area (Å²) < 4.78 is 6.33. The minimum atomic E-state index is 0.239. The van der Waals surface area contributed by atoms with Crippen molar-refractivity contribution in [1.29, 1.82) is 0 Å². The summed E-state index contributed by atoms with van der Waals surface area (Å²) in [6.07, 6.45) is 4.17. The number of para-hydroxylation sites is 1. The third kappa shape index (κ3) is 1.76. The number of rotatable bonds is 1. The molecule has 1 aliphatic carbocycles. The van der Waals surface area contributed by atoms with Gasteiger partial charge in [-0.25, -0.2) is 0 Å². The Morgan fingerprint density at radius 2 is 1.63 bits per heavy atom. The van der Waals surface area contributed by atoms with E-state index in [1.54, 1.807) is 0 Å². The highest BCUT2D eigenvalue weighted by Crippen LogP contribution is 2.53. The van der Waals surface area contributed by atoms with Crippen LogP contribution in [0.25, 0.3) is 0 Å². The molecule has 1 fully saturated rings. The van der Waals surface area contributed by atoms with Crippen molar-refractivity contribution in [3.63, 3.8) is 0 Å². The summed E-state index contributed by atoms with van der Waals surface area (Å²) in [5.41, 5.74) is 2.76. The fourth-order valence-electron chi connectivity index (χ4n) is 3.81. The van der Waals surface area contributed by atoms with Crippen LogP contribution in [0.1, 0.15) is 42.4 Å². The van der Waals surface area contributed by atoms with E-state index in [1.807, 2.05) is 0 Å². The van der Waals surface area contributed by atoms with E-state index in [0.29, 0.717) is 11.8 Å². The molecule has 1 heterocycles. The highest BCUT2D eigenvalue weighted by molar-refractivity contribution is 5.41. The molecule has 0 amide bonds. The molecular weight excluding hydrogens is 232 g/mol. The number of hydrogen-bond donors (Lipinski definition) is 0. The molecule has 0 aromatic heterocycles. The summed E-state index contributed by atoms with van der Waals surface area (Å²) in [4.78, 5) is 0. The highest BCUT2D eigenvalue weighted by atomic mass is 16.5. The Labute approximate surface area is 114 Å². The van der Waals surface area contributed by atoms with Crippen molar-refractivity contribution in [3.05, 3.63) is 65.7 Å². The van der Waals surface area contributed by atoms with Crippen LogP contribution in [-0.4, -0.2) is 0 Å². The largest absolute Gasteiger partial charge is 0.485 e. The van der Waals surface area contributed by atoms with E-state index >= 15 is 0 Å². The van der Waals surface area contributed by atoms with Crippen molar-refractivity contribution in [3.8, 4) is 5.75 Å². The smallest absolute Gasteiger partial charge is 0.127 e. The summed E-state index contributed by atoms with van der Waals surface area (Å²) in [7, 11) is 0. The zero-order valence-electron chi connectivity index (χ0n) is 11.0. The van der Waals surface area contributed by atoms with Gasteiger partial charge in [-0.1, -0.05) is 55.0 Å². The third-order valence-corrected chi connectivity index (χ3v) is 4.66. The zero-order chi connectivity index (χ0) is 12.7. The fourth-order valence-corrected chi connectivity index (χ4v) is 3.81. The SMILES string of the molecule is c1ccc([C@@H]2Oc3ccccc3[C@H]3CCC[C@H]32)cc1. The Hall–Kier alpha value is -1.76. The van der Waals surface area contributed by atoms with Crippen molar-refractivity contribution in [2.75, 3.05) is 0 Å². The van der Waals surface area contributed by atoms with Crippen molar-refractivity contribution in [2.24, 2.45) is 5.92 Å². The lowest BCUT2D eigenvalue weighted by Gasteiger charge is -2.36. The molecule has 0 unspecified atom stereocenters. The van der Waals surface area contributed by atoms with Crippen molar-refractivity contribution >= 4 is 0 Å². The van der Waals surface area contributed by atoms with Gasteiger partial charge in [0, 0.05) is 5.92 Å². The van der Waals surface area contributed by atoms with Crippen LogP contribution >= 0.6 is 0 Å². The average molecular weight is 250 g/mol. The molecule has 0 spiro atoms. The van der Waals surface area contributed by atoms with Crippen LogP contribution < -0.4 is 4.74 Å². The number of hydrogen-bond acceptors (Lipinski definition) is 1. The number of benzene rings is 2. The first-order valence-electron chi connectivity index (χ1n) is 7.24. The molecule has 2 aromatic rings. The Bertz CT molecular complexity index is 575. The van der Waals surface area contributed by atoms with Gasteiger partial charge in [0.15, 0.2) is 0 Å². The van der Waals surface area contributed by atoms with E-state index in [9.17, 15) is 0 Å². The minimum Gasteiger partial charge on any atom is -0.485 e. The summed E-state index contributed by atoms with van der Waals surface area (Å²) in [5, 5.41) is 0. The van der Waals surface area contributed by atoms with E-state index in [-0.39, 0.29) is 6.10 Å². The monoisotopic (exact) mass is 250 g/mol. The summed E-state index contributed by atoms with van der Waals surface area (Å²) >= 11 is 0. The Balaban J connectivity index is 1.79. The van der Waals surface area contributed by atoms with E-state index < -0.39 is 0 Å². The molecule has 2 aromatic carbocycles. The van der Waals surface area contributed by atoms with Gasteiger partial charge in [-0.05, 0) is 36.0 Å². The molecule has 4 rings (SSSR count). The predicted molar refractivity (Wildman–Crippen MR) is 76.3 cm³/mol. The average Bonchev–Trinajstić information content (AvgIpc) is 2.97. The van der Waals surface area contributed by atoms with Gasteiger partial charge in [0.2, 0.25) is 0 Å². The predicted octanol–water partition coefficient (Wildman–Crippen LogP) is 4.70. The van der Waals surface area contributed by atoms with Crippen LogP contribution in [0.15, 0.2) is 54.6 Å². The van der Waals surface area contributed by atoms with Gasteiger partial charge in [0.1, 0.15) is 11.9 Å². The van der Waals surface area contributed by atoms with Crippen LogP contribution in [0.3, 0.4) is 0 Å². The molecule has 2 aliphatic rings. The summed E-state index contributed by atoms with van der Waals surface area (Å²) in [5.74, 6) is 2.44. The lowest BCUT2D eigenvalue weighted by atomic mass is 9.80. The molecule has 0 radical (unpaired) electrons. The Morgan fingerprint density at radius 3 is 2.53 bits per heavy atom. The van der Waals surface area contributed by atoms with Crippen LogP contribution in [0.4, 0.5) is 0 Å². The van der Waals surface area contributed by atoms with Gasteiger partial charge in [0.25, 0.3) is 0 Å². The highest BCUT2D eigenvalue weighted by Gasteiger charge is 2.41. The second-order valence-electron chi connectivity index (χ2n) is 5.69. The van der Waals surface area contributed by atoms with Crippen molar-refractivity contribution in [1.82, 2.24) is 0 Å². The molecule has 96 valence electrons. The van der Waals surface area contributed by atoms with Crippen LogP contribution in [0, 0.1) is 5.92 Å². The van der Waals surface area contributed by atoms with Gasteiger partial charge in [0.05, 0.1) is 0 Å². The standard InChI is InChI=1S/C18H18O/c1-2-7-13(8-3-1)18-16-11-6-10-14(16)15-9-4-5-12-17(15)19-18/h1-5,7-9,12,14,16,18H,6,10-11H2/t14-,16-,18+/m1/s1. The normalized spacial score (nSPS) is 28.3. The molecule has 1 heteroatoms. The Morgan fingerprint density at radius 1 is 0.842 bits per heavy atom. The maximum Gasteiger partial charge on any atom is 0.127 e. The van der Waals surface area contributed by atoms with E-state index in [0.717, 1.165) is 5.75 Å².